The van der Waals surface area contributed by atoms with E-state index in [0.29, 0.717) is 6.04 Å². The molecule has 0 aromatic heterocycles. The average molecular weight is 259 g/mol. The van der Waals surface area contributed by atoms with Crippen LogP contribution in [0.1, 0.15) is 42.4 Å². The van der Waals surface area contributed by atoms with E-state index in [-0.39, 0.29) is 5.41 Å². The molecule has 1 aromatic rings. The van der Waals surface area contributed by atoms with Crippen molar-refractivity contribution < 1.29 is 4.74 Å². The van der Waals surface area contributed by atoms with Gasteiger partial charge in [-0.3, -0.25) is 0 Å². The van der Waals surface area contributed by atoms with Crippen LogP contribution < -0.4 is 5.32 Å². The third-order valence-corrected chi connectivity index (χ3v) is 4.77. The molecule has 2 heteroatoms. The quantitative estimate of drug-likeness (QED) is 0.900. The zero-order valence-electron chi connectivity index (χ0n) is 12.2. The molecule has 1 aromatic carbocycles. The second-order valence-corrected chi connectivity index (χ2v) is 6.44. The van der Waals surface area contributed by atoms with Gasteiger partial charge in [-0.25, -0.2) is 0 Å². The van der Waals surface area contributed by atoms with Gasteiger partial charge in [0.2, 0.25) is 0 Å². The van der Waals surface area contributed by atoms with E-state index in [1.165, 1.54) is 48.9 Å². The molecule has 2 aliphatic heterocycles. The number of ether oxygens (including phenoxy) is 1. The van der Waals surface area contributed by atoms with Crippen LogP contribution in [0.25, 0.3) is 0 Å². The molecule has 1 N–H and O–H groups in total. The summed E-state index contributed by atoms with van der Waals surface area (Å²) in [7, 11) is 0. The van der Waals surface area contributed by atoms with Gasteiger partial charge in [0.15, 0.2) is 0 Å². The van der Waals surface area contributed by atoms with Crippen LogP contribution in [0.3, 0.4) is 0 Å². The molecule has 3 rings (SSSR count). The molecule has 2 aliphatic rings. The van der Waals surface area contributed by atoms with Crippen molar-refractivity contribution in [3.8, 4) is 0 Å². The number of rotatable bonds is 3. The normalized spacial score (nSPS) is 25.9. The fourth-order valence-corrected chi connectivity index (χ4v) is 3.61. The summed E-state index contributed by atoms with van der Waals surface area (Å²) in [5.74, 6) is 0. The Hall–Kier alpha value is -0.860. The summed E-state index contributed by atoms with van der Waals surface area (Å²) in [5, 5.41) is 3.69. The predicted octanol–water partition coefficient (Wildman–Crippen LogP) is 3.10. The smallest absolute Gasteiger partial charge is 0.0586 e. The van der Waals surface area contributed by atoms with Gasteiger partial charge >= 0.3 is 0 Å². The van der Waals surface area contributed by atoms with Crippen LogP contribution in [0.2, 0.25) is 0 Å². The maximum absolute atomic E-state index is 5.60. The van der Waals surface area contributed by atoms with Crippen molar-refractivity contribution >= 4 is 0 Å². The van der Waals surface area contributed by atoms with Crippen molar-refractivity contribution in [3.05, 3.63) is 34.9 Å². The summed E-state index contributed by atoms with van der Waals surface area (Å²) in [5.41, 5.74) is 4.57. The van der Waals surface area contributed by atoms with E-state index in [0.717, 1.165) is 13.2 Å². The summed E-state index contributed by atoms with van der Waals surface area (Å²) < 4.78 is 5.60. The zero-order chi connectivity index (χ0) is 13.3. The lowest BCUT2D eigenvalue weighted by Crippen LogP contribution is -2.52. The number of benzene rings is 1. The first-order valence-corrected chi connectivity index (χ1v) is 7.58. The van der Waals surface area contributed by atoms with E-state index in [2.05, 4.69) is 37.4 Å². The first-order valence-electron chi connectivity index (χ1n) is 7.58. The molecule has 1 atom stereocenters. The Balaban J connectivity index is 1.83. The maximum atomic E-state index is 5.60. The summed E-state index contributed by atoms with van der Waals surface area (Å²) in [6.07, 6.45) is 5.27. The molecule has 2 heterocycles. The first kappa shape index (κ1) is 13.1. The van der Waals surface area contributed by atoms with Crippen molar-refractivity contribution in [2.24, 2.45) is 0 Å². The summed E-state index contributed by atoms with van der Waals surface area (Å²) >= 11 is 0. The van der Waals surface area contributed by atoms with Gasteiger partial charge in [0, 0.05) is 11.5 Å². The van der Waals surface area contributed by atoms with E-state index in [1.54, 1.807) is 0 Å². The Labute approximate surface area is 116 Å². The molecule has 0 radical (unpaired) electrons. The van der Waals surface area contributed by atoms with Crippen LogP contribution in [0, 0.1) is 13.8 Å². The third kappa shape index (κ3) is 2.56. The van der Waals surface area contributed by atoms with Crippen LogP contribution >= 0.6 is 0 Å². The molecule has 0 bridgehead atoms. The Kier molecular flexibility index (Phi) is 3.64. The van der Waals surface area contributed by atoms with Gasteiger partial charge in [-0.1, -0.05) is 30.2 Å². The van der Waals surface area contributed by atoms with E-state index in [9.17, 15) is 0 Å². The zero-order valence-corrected chi connectivity index (χ0v) is 12.2. The summed E-state index contributed by atoms with van der Waals surface area (Å²) in [6, 6.07) is 7.53. The Morgan fingerprint density at radius 1 is 1.26 bits per heavy atom. The second kappa shape index (κ2) is 5.26. The number of hydrogen-bond donors (Lipinski definition) is 1. The van der Waals surface area contributed by atoms with Gasteiger partial charge in [-0.05, 0) is 50.8 Å². The molecular formula is C17H25NO. The highest BCUT2D eigenvalue weighted by atomic mass is 16.5. The largest absolute Gasteiger partial charge is 0.379 e. The molecule has 2 nitrogen and oxygen atoms in total. The maximum Gasteiger partial charge on any atom is 0.0586 e. The standard InChI is InChI=1S/C17H25NO/c1-13-6-7-14(2)16(9-13)17(11-19-12-17)10-15-5-3-4-8-18-15/h6-7,9,15,18H,3-5,8,10-12H2,1-2H3. The van der Waals surface area contributed by atoms with E-state index >= 15 is 0 Å². The molecule has 0 spiro atoms. The van der Waals surface area contributed by atoms with Gasteiger partial charge in [-0.2, -0.15) is 0 Å². The predicted molar refractivity (Wildman–Crippen MR) is 78.7 cm³/mol. The lowest BCUT2D eigenvalue weighted by molar-refractivity contribution is -0.0699. The van der Waals surface area contributed by atoms with Crippen LogP contribution in [-0.2, 0) is 10.2 Å². The summed E-state index contributed by atoms with van der Waals surface area (Å²) in [6.45, 7) is 7.41. The highest BCUT2D eigenvalue weighted by Gasteiger charge is 2.43. The molecule has 1 unspecified atom stereocenters. The SMILES string of the molecule is Cc1ccc(C)c(C2(CC3CCCCN3)COC2)c1. The van der Waals surface area contributed by atoms with Crippen molar-refractivity contribution in [1.29, 1.82) is 0 Å². The van der Waals surface area contributed by atoms with E-state index in [1.807, 2.05) is 0 Å². The second-order valence-electron chi connectivity index (χ2n) is 6.44. The number of aryl methyl sites for hydroxylation is 2. The monoisotopic (exact) mass is 259 g/mol. The highest BCUT2D eigenvalue weighted by Crippen LogP contribution is 2.39. The molecule has 0 amide bonds. The van der Waals surface area contributed by atoms with E-state index in [4.69, 9.17) is 4.74 Å². The van der Waals surface area contributed by atoms with Crippen molar-refractivity contribution in [3.63, 3.8) is 0 Å². The average Bonchev–Trinajstić information content (AvgIpc) is 2.38. The minimum Gasteiger partial charge on any atom is -0.379 e. The molecule has 0 aliphatic carbocycles. The third-order valence-electron chi connectivity index (χ3n) is 4.77. The van der Waals surface area contributed by atoms with Crippen LogP contribution in [0.5, 0.6) is 0 Å². The summed E-state index contributed by atoms with van der Waals surface area (Å²) in [4.78, 5) is 0. The van der Waals surface area contributed by atoms with Gasteiger partial charge in [0.05, 0.1) is 13.2 Å². The van der Waals surface area contributed by atoms with Gasteiger partial charge in [0.1, 0.15) is 0 Å². The van der Waals surface area contributed by atoms with Crippen LogP contribution in [0.4, 0.5) is 0 Å². The molecular weight excluding hydrogens is 234 g/mol. The fraction of sp³-hybridized carbons (Fsp3) is 0.647. The van der Waals surface area contributed by atoms with Crippen molar-refractivity contribution in [2.75, 3.05) is 19.8 Å². The Bertz CT molecular complexity index is 445. The minimum atomic E-state index is 0.269. The fourth-order valence-electron chi connectivity index (χ4n) is 3.61. The van der Waals surface area contributed by atoms with Gasteiger partial charge in [-0.15, -0.1) is 0 Å². The van der Waals surface area contributed by atoms with Crippen molar-refractivity contribution in [1.82, 2.24) is 5.32 Å². The Morgan fingerprint density at radius 2 is 2.11 bits per heavy atom. The lowest BCUT2D eigenvalue weighted by Gasteiger charge is -2.45. The highest BCUT2D eigenvalue weighted by molar-refractivity contribution is 5.38. The molecule has 2 fully saturated rings. The van der Waals surface area contributed by atoms with Crippen LogP contribution in [0.15, 0.2) is 18.2 Å². The number of nitrogens with one attached hydrogen (secondary N) is 1. The van der Waals surface area contributed by atoms with Gasteiger partial charge in [0.25, 0.3) is 0 Å². The van der Waals surface area contributed by atoms with Gasteiger partial charge < -0.3 is 10.1 Å². The molecule has 0 saturated carbocycles. The molecule has 104 valence electrons. The minimum absolute atomic E-state index is 0.269. The molecule has 2 saturated heterocycles. The molecule has 19 heavy (non-hydrogen) atoms. The number of hydrogen-bond acceptors (Lipinski definition) is 2. The van der Waals surface area contributed by atoms with E-state index < -0.39 is 0 Å². The first-order chi connectivity index (χ1) is 9.20. The van der Waals surface area contributed by atoms with Crippen LogP contribution in [-0.4, -0.2) is 25.8 Å². The lowest BCUT2D eigenvalue weighted by atomic mass is 9.71. The van der Waals surface area contributed by atoms with Crippen molar-refractivity contribution in [2.45, 2.75) is 51.0 Å². The topological polar surface area (TPSA) is 21.3 Å². The number of piperidine rings is 1. The Morgan fingerprint density at radius 3 is 2.74 bits per heavy atom.